The van der Waals surface area contributed by atoms with E-state index in [9.17, 15) is 8.78 Å². The highest BCUT2D eigenvalue weighted by molar-refractivity contribution is 5.88. The van der Waals surface area contributed by atoms with Crippen LogP contribution in [0, 0.1) is 5.82 Å². The first-order chi connectivity index (χ1) is 15.0. The fraction of sp³-hybridized carbons (Fsp3) is 0.185. The van der Waals surface area contributed by atoms with E-state index in [1.165, 1.54) is 17.7 Å². The first kappa shape index (κ1) is 21.0. The molecule has 0 aliphatic heterocycles. The Balaban J connectivity index is 1.51. The zero-order chi connectivity index (χ0) is 21.8. The summed E-state index contributed by atoms with van der Waals surface area (Å²) in [7, 11) is 0. The van der Waals surface area contributed by atoms with E-state index in [1.54, 1.807) is 12.1 Å². The molecule has 0 atom stereocenters. The van der Waals surface area contributed by atoms with Crippen molar-refractivity contribution >= 4 is 10.8 Å². The minimum absolute atomic E-state index is 0.121. The van der Waals surface area contributed by atoms with Crippen molar-refractivity contribution < 1.29 is 17.9 Å². The topological polar surface area (TPSA) is 9.23 Å². The third kappa shape index (κ3) is 4.91. The van der Waals surface area contributed by atoms with Gasteiger partial charge in [0, 0.05) is 5.39 Å². The third-order valence-electron chi connectivity index (χ3n) is 5.56. The summed E-state index contributed by atoms with van der Waals surface area (Å²) in [5, 5.41) is 1.47. The molecule has 0 saturated heterocycles. The van der Waals surface area contributed by atoms with Gasteiger partial charge in [0.2, 0.25) is 0 Å². The number of ether oxygens (including phenoxy) is 1. The summed E-state index contributed by atoms with van der Waals surface area (Å²) in [6, 6.07) is 24.5. The maximum absolute atomic E-state index is 15.1. The summed E-state index contributed by atoms with van der Waals surface area (Å²) in [4.78, 5) is 0. The average molecular weight is 420 g/mol. The van der Waals surface area contributed by atoms with Crippen molar-refractivity contribution in [3.05, 3.63) is 101 Å². The number of benzene rings is 4. The first-order valence-corrected chi connectivity index (χ1v) is 10.4. The summed E-state index contributed by atoms with van der Waals surface area (Å²) in [5.41, 5.74) is 5.04. The standard InChI is InChI=1S/C27H23F3O/c1-2-18-3-8-20(9-4-18)22-13-16-25-23(17-22)12-11-21(26(25)28)10-5-19-6-14-24(15-7-19)31-27(29)30/h3-4,6-9,11-17,27H,2,5,10H2,1H3. The fourth-order valence-corrected chi connectivity index (χ4v) is 3.76. The lowest BCUT2D eigenvalue weighted by Gasteiger charge is -2.10. The summed E-state index contributed by atoms with van der Waals surface area (Å²) in [6.45, 7) is -0.712. The molecule has 0 saturated carbocycles. The summed E-state index contributed by atoms with van der Waals surface area (Å²) in [6.07, 6.45) is 2.13. The molecule has 0 heterocycles. The fourth-order valence-electron chi connectivity index (χ4n) is 3.76. The van der Waals surface area contributed by atoms with Crippen LogP contribution in [0.4, 0.5) is 13.2 Å². The Labute approximate surface area is 180 Å². The van der Waals surface area contributed by atoms with Gasteiger partial charge in [-0.2, -0.15) is 8.78 Å². The Kier molecular flexibility index (Phi) is 6.26. The molecule has 31 heavy (non-hydrogen) atoms. The molecule has 1 nitrogen and oxygen atoms in total. The maximum Gasteiger partial charge on any atom is 0.387 e. The van der Waals surface area contributed by atoms with Crippen LogP contribution in [-0.4, -0.2) is 6.61 Å². The molecule has 4 heteroatoms. The molecule has 0 bridgehead atoms. The van der Waals surface area contributed by atoms with E-state index in [0.29, 0.717) is 23.8 Å². The van der Waals surface area contributed by atoms with E-state index in [-0.39, 0.29) is 11.6 Å². The Morgan fingerprint density at radius 3 is 2.10 bits per heavy atom. The van der Waals surface area contributed by atoms with Crippen molar-refractivity contribution in [1.82, 2.24) is 0 Å². The van der Waals surface area contributed by atoms with Gasteiger partial charge in [0.05, 0.1) is 0 Å². The molecule has 0 aliphatic rings. The molecule has 158 valence electrons. The van der Waals surface area contributed by atoms with E-state index in [1.807, 2.05) is 30.3 Å². The van der Waals surface area contributed by atoms with Crippen LogP contribution in [-0.2, 0) is 19.3 Å². The molecule has 0 amide bonds. The van der Waals surface area contributed by atoms with Gasteiger partial charge in [0.15, 0.2) is 0 Å². The van der Waals surface area contributed by atoms with E-state index < -0.39 is 6.61 Å². The highest BCUT2D eigenvalue weighted by Crippen LogP contribution is 2.28. The molecule has 4 aromatic carbocycles. The van der Waals surface area contributed by atoms with Crippen molar-refractivity contribution in [2.24, 2.45) is 0 Å². The van der Waals surface area contributed by atoms with Gasteiger partial charge in [-0.1, -0.05) is 67.6 Å². The predicted octanol–water partition coefficient (Wildman–Crippen LogP) is 7.59. The average Bonchev–Trinajstić information content (AvgIpc) is 2.79. The Morgan fingerprint density at radius 1 is 0.742 bits per heavy atom. The lowest BCUT2D eigenvalue weighted by molar-refractivity contribution is -0.0498. The molecule has 0 aromatic heterocycles. The number of hydrogen-bond donors (Lipinski definition) is 0. The van der Waals surface area contributed by atoms with E-state index in [4.69, 9.17) is 0 Å². The molecule has 0 fully saturated rings. The minimum Gasteiger partial charge on any atom is -0.435 e. The quantitative estimate of drug-likeness (QED) is 0.299. The molecule has 4 aromatic rings. The van der Waals surface area contributed by atoms with Gasteiger partial charge in [0.25, 0.3) is 0 Å². The molecular formula is C27H23F3O. The number of fused-ring (bicyclic) bond motifs is 1. The van der Waals surface area contributed by atoms with Crippen LogP contribution in [0.15, 0.2) is 78.9 Å². The zero-order valence-electron chi connectivity index (χ0n) is 17.2. The highest BCUT2D eigenvalue weighted by Gasteiger charge is 2.10. The molecule has 0 aliphatic carbocycles. The van der Waals surface area contributed by atoms with E-state index >= 15 is 4.39 Å². The largest absolute Gasteiger partial charge is 0.435 e. The number of rotatable bonds is 7. The molecule has 0 N–H and O–H groups in total. The van der Waals surface area contributed by atoms with Gasteiger partial charge in [-0.3, -0.25) is 0 Å². The number of hydrogen-bond acceptors (Lipinski definition) is 1. The predicted molar refractivity (Wildman–Crippen MR) is 119 cm³/mol. The summed E-state index contributed by atoms with van der Waals surface area (Å²) in [5.74, 6) is -0.0844. The molecular weight excluding hydrogens is 397 g/mol. The van der Waals surface area contributed by atoms with Gasteiger partial charge >= 0.3 is 6.61 Å². The van der Waals surface area contributed by atoms with Gasteiger partial charge in [-0.05, 0) is 70.7 Å². The monoisotopic (exact) mass is 420 g/mol. The lowest BCUT2D eigenvalue weighted by Crippen LogP contribution is -2.02. The van der Waals surface area contributed by atoms with Crippen LogP contribution in [0.25, 0.3) is 21.9 Å². The van der Waals surface area contributed by atoms with Gasteiger partial charge in [0.1, 0.15) is 11.6 Å². The van der Waals surface area contributed by atoms with Crippen molar-refractivity contribution in [1.29, 1.82) is 0 Å². The normalized spacial score (nSPS) is 11.3. The number of aryl methyl sites for hydroxylation is 3. The van der Waals surface area contributed by atoms with Crippen LogP contribution in [0.1, 0.15) is 23.6 Å². The second-order valence-electron chi connectivity index (χ2n) is 7.55. The molecule has 0 radical (unpaired) electrons. The Bertz CT molecular complexity index is 1170. The number of alkyl halides is 2. The van der Waals surface area contributed by atoms with Crippen LogP contribution in [0.3, 0.4) is 0 Å². The SMILES string of the molecule is CCc1ccc(-c2ccc3c(F)c(CCc4ccc(OC(F)F)cc4)ccc3c2)cc1. The zero-order valence-corrected chi connectivity index (χ0v) is 17.2. The second-order valence-corrected chi connectivity index (χ2v) is 7.55. The van der Waals surface area contributed by atoms with Crippen molar-refractivity contribution in [3.8, 4) is 16.9 Å². The molecule has 4 rings (SSSR count). The molecule has 0 unspecified atom stereocenters. The van der Waals surface area contributed by atoms with Gasteiger partial charge in [-0.15, -0.1) is 0 Å². The van der Waals surface area contributed by atoms with Gasteiger partial charge in [-0.25, -0.2) is 4.39 Å². The maximum atomic E-state index is 15.1. The number of halogens is 3. The Hall–Kier alpha value is -3.27. The molecule has 0 spiro atoms. The van der Waals surface area contributed by atoms with Crippen LogP contribution in [0.5, 0.6) is 5.75 Å². The van der Waals surface area contributed by atoms with Gasteiger partial charge < -0.3 is 4.74 Å². The Morgan fingerprint density at radius 2 is 1.42 bits per heavy atom. The van der Waals surface area contributed by atoms with E-state index in [0.717, 1.165) is 28.5 Å². The van der Waals surface area contributed by atoms with Crippen molar-refractivity contribution in [2.45, 2.75) is 32.8 Å². The lowest BCUT2D eigenvalue weighted by atomic mass is 9.96. The third-order valence-corrected chi connectivity index (χ3v) is 5.56. The highest BCUT2D eigenvalue weighted by atomic mass is 19.3. The first-order valence-electron chi connectivity index (χ1n) is 10.4. The van der Waals surface area contributed by atoms with Crippen molar-refractivity contribution in [3.63, 3.8) is 0 Å². The second kappa shape index (κ2) is 9.25. The summed E-state index contributed by atoms with van der Waals surface area (Å²) < 4.78 is 44.0. The van der Waals surface area contributed by atoms with Crippen LogP contribution >= 0.6 is 0 Å². The van der Waals surface area contributed by atoms with Crippen molar-refractivity contribution in [2.75, 3.05) is 0 Å². The minimum atomic E-state index is -2.84. The van der Waals surface area contributed by atoms with Crippen LogP contribution in [0.2, 0.25) is 0 Å². The summed E-state index contributed by atoms with van der Waals surface area (Å²) >= 11 is 0. The van der Waals surface area contributed by atoms with E-state index in [2.05, 4.69) is 35.9 Å². The van der Waals surface area contributed by atoms with Crippen LogP contribution < -0.4 is 4.74 Å². The smallest absolute Gasteiger partial charge is 0.387 e.